The maximum Gasteiger partial charge on any atom is 0.341 e. The highest BCUT2D eigenvalue weighted by molar-refractivity contribution is 9.09. The molecule has 1 amide bonds. The molecule has 0 radical (unpaired) electrons. The second-order valence-electron chi connectivity index (χ2n) is 4.22. The summed E-state index contributed by atoms with van der Waals surface area (Å²) < 4.78 is 4.84. The number of carbonyl (C=O) groups is 2. The lowest BCUT2D eigenvalue weighted by Gasteiger charge is -2.13. The van der Waals surface area contributed by atoms with Gasteiger partial charge in [0.1, 0.15) is 0 Å². The van der Waals surface area contributed by atoms with Gasteiger partial charge >= 0.3 is 5.97 Å². The first-order valence-electron chi connectivity index (χ1n) is 6.01. The third-order valence-corrected chi connectivity index (χ3v) is 3.73. The molecule has 0 spiro atoms. The Morgan fingerprint density at radius 2 is 2.21 bits per heavy atom. The summed E-state index contributed by atoms with van der Waals surface area (Å²) >= 11 is 3.37. The van der Waals surface area contributed by atoms with E-state index in [1.807, 2.05) is 0 Å². The summed E-state index contributed by atoms with van der Waals surface area (Å²) in [4.78, 5) is 32.9. The first kappa shape index (κ1) is 13.9. The van der Waals surface area contributed by atoms with Crippen molar-refractivity contribution in [1.82, 2.24) is 9.97 Å². The van der Waals surface area contributed by atoms with Crippen LogP contribution in [0.5, 0.6) is 0 Å². The number of aromatic nitrogens is 2. The third kappa shape index (κ3) is 3.09. The largest absolute Gasteiger partial charge is 0.462 e. The van der Waals surface area contributed by atoms with Crippen LogP contribution in [0.1, 0.15) is 23.7 Å². The fraction of sp³-hybridized carbons (Fsp3) is 0.500. The Labute approximate surface area is 119 Å². The molecule has 19 heavy (non-hydrogen) atoms. The number of nitrogens with zero attached hydrogens (tertiary/aromatic N) is 3. The van der Waals surface area contributed by atoms with Crippen molar-refractivity contribution < 1.29 is 14.3 Å². The molecule has 0 N–H and O–H groups in total. The highest BCUT2D eigenvalue weighted by Crippen LogP contribution is 2.23. The van der Waals surface area contributed by atoms with Gasteiger partial charge in [0, 0.05) is 30.7 Å². The number of rotatable bonds is 4. The SMILES string of the molecule is CCOC(=O)c1cnc(N2CC(CBr)CC2=O)nc1. The zero-order valence-corrected chi connectivity index (χ0v) is 12.1. The molecule has 0 saturated carbocycles. The second-order valence-corrected chi connectivity index (χ2v) is 4.87. The van der Waals surface area contributed by atoms with Crippen LogP contribution < -0.4 is 4.90 Å². The fourth-order valence-electron chi connectivity index (χ4n) is 1.86. The van der Waals surface area contributed by atoms with Crippen molar-refractivity contribution in [2.75, 3.05) is 23.4 Å². The molecule has 1 fully saturated rings. The summed E-state index contributed by atoms with van der Waals surface area (Å²) in [7, 11) is 0. The number of esters is 1. The van der Waals surface area contributed by atoms with Crippen LogP contribution in [0.15, 0.2) is 12.4 Å². The van der Waals surface area contributed by atoms with E-state index in [1.54, 1.807) is 11.8 Å². The highest BCUT2D eigenvalue weighted by Gasteiger charge is 2.31. The molecule has 2 heterocycles. The van der Waals surface area contributed by atoms with E-state index in [1.165, 1.54) is 12.4 Å². The Morgan fingerprint density at radius 3 is 2.74 bits per heavy atom. The van der Waals surface area contributed by atoms with Crippen molar-refractivity contribution in [3.8, 4) is 0 Å². The second kappa shape index (κ2) is 6.10. The van der Waals surface area contributed by atoms with Crippen LogP contribution in [0.25, 0.3) is 0 Å². The van der Waals surface area contributed by atoms with Gasteiger partial charge in [0.2, 0.25) is 11.9 Å². The summed E-state index contributed by atoms with van der Waals surface area (Å²) in [5.74, 6) is 0.163. The monoisotopic (exact) mass is 327 g/mol. The van der Waals surface area contributed by atoms with Gasteiger partial charge in [-0.3, -0.25) is 9.69 Å². The van der Waals surface area contributed by atoms with E-state index in [4.69, 9.17) is 4.74 Å². The predicted molar refractivity (Wildman–Crippen MR) is 72.2 cm³/mol. The van der Waals surface area contributed by atoms with Gasteiger partial charge in [0.25, 0.3) is 0 Å². The minimum absolute atomic E-state index is 0.00772. The van der Waals surface area contributed by atoms with Crippen molar-refractivity contribution in [1.29, 1.82) is 0 Å². The molecule has 1 aromatic rings. The molecule has 0 aliphatic carbocycles. The first-order chi connectivity index (χ1) is 9.15. The van der Waals surface area contributed by atoms with Gasteiger partial charge in [-0.05, 0) is 12.8 Å². The number of hydrogen-bond donors (Lipinski definition) is 0. The Morgan fingerprint density at radius 1 is 1.53 bits per heavy atom. The molecule has 0 aromatic carbocycles. The van der Waals surface area contributed by atoms with Gasteiger partial charge in [0.05, 0.1) is 12.2 Å². The molecule has 1 saturated heterocycles. The van der Waals surface area contributed by atoms with E-state index in [0.29, 0.717) is 25.5 Å². The van der Waals surface area contributed by atoms with E-state index in [2.05, 4.69) is 25.9 Å². The molecule has 1 aliphatic heterocycles. The molecular formula is C12H14BrN3O3. The van der Waals surface area contributed by atoms with Crippen LogP contribution in [-0.4, -0.2) is 40.3 Å². The molecule has 1 aromatic heterocycles. The maximum atomic E-state index is 11.8. The molecule has 2 rings (SSSR count). The summed E-state index contributed by atoms with van der Waals surface area (Å²) in [6.45, 7) is 2.64. The molecule has 6 nitrogen and oxygen atoms in total. The number of ether oxygens (including phenoxy) is 1. The van der Waals surface area contributed by atoms with Gasteiger partial charge in [-0.2, -0.15) is 0 Å². The quantitative estimate of drug-likeness (QED) is 0.617. The van der Waals surface area contributed by atoms with Crippen molar-refractivity contribution >= 4 is 33.8 Å². The van der Waals surface area contributed by atoms with Gasteiger partial charge in [-0.25, -0.2) is 14.8 Å². The predicted octanol–water partition coefficient (Wildman–Crippen LogP) is 1.40. The van der Waals surface area contributed by atoms with E-state index in [0.717, 1.165) is 5.33 Å². The summed E-state index contributed by atoms with van der Waals surface area (Å²) in [5, 5.41) is 0.774. The van der Waals surface area contributed by atoms with E-state index < -0.39 is 5.97 Å². The molecule has 7 heteroatoms. The molecule has 1 unspecified atom stereocenters. The lowest BCUT2D eigenvalue weighted by molar-refractivity contribution is -0.117. The zero-order chi connectivity index (χ0) is 13.8. The average Bonchev–Trinajstić information content (AvgIpc) is 2.80. The van der Waals surface area contributed by atoms with Gasteiger partial charge in [-0.1, -0.05) is 15.9 Å². The van der Waals surface area contributed by atoms with Crippen LogP contribution in [-0.2, 0) is 9.53 Å². The number of anilines is 1. The highest BCUT2D eigenvalue weighted by atomic mass is 79.9. The van der Waals surface area contributed by atoms with Crippen LogP contribution in [0, 0.1) is 5.92 Å². The Kier molecular flexibility index (Phi) is 4.47. The lowest BCUT2D eigenvalue weighted by atomic mass is 10.2. The maximum absolute atomic E-state index is 11.8. The molecule has 1 atom stereocenters. The van der Waals surface area contributed by atoms with Gasteiger partial charge < -0.3 is 4.74 Å². The Bertz CT molecular complexity index is 478. The molecule has 1 aliphatic rings. The lowest BCUT2D eigenvalue weighted by Crippen LogP contribution is -2.27. The van der Waals surface area contributed by atoms with E-state index in [-0.39, 0.29) is 17.4 Å². The number of hydrogen-bond acceptors (Lipinski definition) is 5. The molecule has 0 bridgehead atoms. The summed E-state index contributed by atoms with van der Waals surface area (Å²) in [5.41, 5.74) is 0.286. The number of alkyl halides is 1. The van der Waals surface area contributed by atoms with Crippen LogP contribution in [0.2, 0.25) is 0 Å². The first-order valence-corrected chi connectivity index (χ1v) is 7.13. The average molecular weight is 328 g/mol. The standard InChI is InChI=1S/C12H14BrN3O3/c1-2-19-11(18)9-5-14-12(15-6-9)16-7-8(4-13)3-10(16)17/h5-6,8H,2-4,7H2,1H3. The number of amides is 1. The summed E-state index contributed by atoms with van der Waals surface area (Å²) in [6.07, 6.45) is 3.26. The normalized spacial score (nSPS) is 18.7. The van der Waals surface area contributed by atoms with Crippen LogP contribution >= 0.6 is 15.9 Å². The van der Waals surface area contributed by atoms with Gasteiger partial charge in [0.15, 0.2) is 0 Å². The molecule has 102 valence electrons. The van der Waals surface area contributed by atoms with Crippen LogP contribution in [0.4, 0.5) is 5.95 Å². The third-order valence-electron chi connectivity index (χ3n) is 2.81. The fourth-order valence-corrected chi connectivity index (χ4v) is 2.29. The number of carbonyl (C=O) groups excluding carboxylic acids is 2. The smallest absolute Gasteiger partial charge is 0.341 e. The van der Waals surface area contributed by atoms with Crippen molar-refractivity contribution in [2.45, 2.75) is 13.3 Å². The Hall–Kier alpha value is -1.50. The van der Waals surface area contributed by atoms with Crippen molar-refractivity contribution in [2.24, 2.45) is 5.92 Å². The molecular weight excluding hydrogens is 314 g/mol. The zero-order valence-electron chi connectivity index (χ0n) is 10.5. The minimum atomic E-state index is -0.458. The summed E-state index contributed by atoms with van der Waals surface area (Å²) in [6, 6.07) is 0. The minimum Gasteiger partial charge on any atom is -0.462 e. The number of halogens is 1. The van der Waals surface area contributed by atoms with E-state index >= 15 is 0 Å². The van der Waals surface area contributed by atoms with Gasteiger partial charge in [-0.15, -0.1) is 0 Å². The van der Waals surface area contributed by atoms with Crippen molar-refractivity contribution in [3.63, 3.8) is 0 Å². The van der Waals surface area contributed by atoms with E-state index in [9.17, 15) is 9.59 Å². The van der Waals surface area contributed by atoms with Crippen molar-refractivity contribution in [3.05, 3.63) is 18.0 Å². The Balaban J connectivity index is 2.10. The van der Waals surface area contributed by atoms with Crippen LogP contribution in [0.3, 0.4) is 0 Å². The topological polar surface area (TPSA) is 72.4 Å².